The van der Waals surface area contributed by atoms with Crippen LogP contribution < -0.4 is 0 Å². The topological polar surface area (TPSA) is 74.6 Å². The molecule has 0 radical (unpaired) electrons. The van der Waals surface area contributed by atoms with Crippen molar-refractivity contribution in [1.29, 1.82) is 0 Å². The average molecular weight is 287 g/mol. The van der Waals surface area contributed by atoms with Gasteiger partial charge in [-0.1, -0.05) is 35.3 Å². The van der Waals surface area contributed by atoms with Crippen molar-refractivity contribution in [3.8, 4) is 0 Å². The quantitative estimate of drug-likeness (QED) is 0.659. The van der Waals surface area contributed by atoms with E-state index in [0.29, 0.717) is 10.6 Å². The largest absolute Gasteiger partial charge is 0.478 e. The fourth-order valence-corrected chi connectivity index (χ4v) is 1.48. The first-order chi connectivity index (χ1) is 8.41. The lowest BCUT2D eigenvalue weighted by Gasteiger charge is -2.03. The molecule has 0 unspecified atom stereocenters. The monoisotopic (exact) mass is 286 g/mol. The van der Waals surface area contributed by atoms with Gasteiger partial charge in [-0.3, -0.25) is 0 Å². The maximum Gasteiger partial charge on any atom is 0.336 e. The highest BCUT2D eigenvalue weighted by atomic mass is 35.5. The normalized spacial score (nSPS) is 11.8. The fraction of sp³-hybridized carbons (Fsp3) is 0. The van der Waals surface area contributed by atoms with Crippen LogP contribution in [0.3, 0.4) is 0 Å². The smallest absolute Gasteiger partial charge is 0.336 e. The van der Waals surface area contributed by atoms with Crippen molar-refractivity contribution in [3.05, 3.63) is 52.0 Å². The summed E-state index contributed by atoms with van der Waals surface area (Å²) >= 11 is 11.5. The lowest BCUT2D eigenvalue weighted by atomic mass is 10.1. The maximum absolute atomic E-state index is 11.0. The third-order valence-corrected chi connectivity index (χ3v) is 2.70. The summed E-state index contributed by atoms with van der Waals surface area (Å²) in [6.07, 6.45) is 3.14. The molecule has 1 aromatic carbocycles. The Kier molecular flexibility index (Phi) is 4.95. The summed E-state index contributed by atoms with van der Waals surface area (Å²) in [5.41, 5.74) is 0.262. The molecule has 0 aromatic heterocycles. The van der Waals surface area contributed by atoms with Crippen LogP contribution in [0.2, 0.25) is 10.0 Å². The van der Waals surface area contributed by atoms with Gasteiger partial charge in [0, 0.05) is 6.08 Å². The maximum atomic E-state index is 11.0. The van der Waals surface area contributed by atoms with E-state index in [2.05, 4.69) is 0 Å². The zero-order valence-corrected chi connectivity index (χ0v) is 10.4. The van der Waals surface area contributed by atoms with Crippen LogP contribution in [0.5, 0.6) is 0 Å². The number of aliphatic carboxylic acids is 2. The summed E-state index contributed by atoms with van der Waals surface area (Å²) in [6.45, 7) is 0. The molecule has 0 spiro atoms. The Morgan fingerprint density at radius 2 is 1.78 bits per heavy atom. The van der Waals surface area contributed by atoms with Crippen LogP contribution in [0.1, 0.15) is 5.56 Å². The van der Waals surface area contributed by atoms with Crippen molar-refractivity contribution in [3.63, 3.8) is 0 Å². The highest BCUT2D eigenvalue weighted by Crippen LogP contribution is 2.26. The first-order valence-electron chi connectivity index (χ1n) is 4.72. The molecule has 1 rings (SSSR count). The molecule has 0 fully saturated rings. The predicted octanol–water partition coefficient (Wildman–Crippen LogP) is 3.10. The Morgan fingerprint density at radius 1 is 1.11 bits per heavy atom. The van der Waals surface area contributed by atoms with E-state index in [4.69, 9.17) is 33.4 Å². The molecule has 4 nitrogen and oxygen atoms in total. The van der Waals surface area contributed by atoms with Crippen LogP contribution in [0.25, 0.3) is 5.57 Å². The predicted molar refractivity (Wildman–Crippen MR) is 68.9 cm³/mol. The Labute approximate surface area is 113 Å². The summed E-state index contributed by atoms with van der Waals surface area (Å²) in [4.78, 5) is 21.3. The van der Waals surface area contributed by atoms with Crippen LogP contribution in [0.15, 0.2) is 36.4 Å². The van der Waals surface area contributed by atoms with Gasteiger partial charge < -0.3 is 10.2 Å². The summed E-state index contributed by atoms with van der Waals surface area (Å²) in [5, 5.41) is 18.0. The SMILES string of the molecule is O=C(O)/C=C\C=C(\C(=O)O)c1ccc(Cl)c(Cl)c1. The molecule has 0 aliphatic heterocycles. The van der Waals surface area contributed by atoms with Crippen molar-refractivity contribution in [1.82, 2.24) is 0 Å². The summed E-state index contributed by atoms with van der Waals surface area (Å²) in [7, 11) is 0. The Hall–Kier alpha value is -1.78. The molecule has 2 N–H and O–H groups in total. The van der Waals surface area contributed by atoms with Crippen LogP contribution in [0, 0.1) is 0 Å². The minimum Gasteiger partial charge on any atom is -0.478 e. The van der Waals surface area contributed by atoms with Crippen molar-refractivity contribution >= 4 is 40.7 Å². The van der Waals surface area contributed by atoms with Gasteiger partial charge in [0.25, 0.3) is 0 Å². The van der Waals surface area contributed by atoms with E-state index < -0.39 is 11.9 Å². The summed E-state index contributed by atoms with van der Waals surface area (Å²) < 4.78 is 0. The molecule has 0 aliphatic rings. The lowest BCUT2D eigenvalue weighted by molar-refractivity contribution is -0.132. The molecule has 0 bridgehead atoms. The number of hydrogen-bond acceptors (Lipinski definition) is 2. The molecule has 1 aromatic rings. The van der Waals surface area contributed by atoms with Gasteiger partial charge in [-0.05, 0) is 23.8 Å². The van der Waals surface area contributed by atoms with Crippen LogP contribution in [0.4, 0.5) is 0 Å². The molecule has 6 heteroatoms. The molecule has 18 heavy (non-hydrogen) atoms. The van der Waals surface area contributed by atoms with Gasteiger partial charge in [0.05, 0.1) is 15.6 Å². The molecule has 94 valence electrons. The Balaban J connectivity index is 3.16. The molecule has 0 atom stereocenters. The lowest BCUT2D eigenvalue weighted by Crippen LogP contribution is -1.99. The second kappa shape index (κ2) is 6.23. The number of hydrogen-bond donors (Lipinski definition) is 2. The van der Waals surface area contributed by atoms with Crippen LogP contribution in [-0.4, -0.2) is 22.2 Å². The van der Waals surface area contributed by atoms with Gasteiger partial charge >= 0.3 is 11.9 Å². The Bertz CT molecular complexity index is 547. The van der Waals surface area contributed by atoms with E-state index in [-0.39, 0.29) is 10.6 Å². The highest BCUT2D eigenvalue weighted by Gasteiger charge is 2.10. The number of halogens is 2. The van der Waals surface area contributed by atoms with Gasteiger partial charge in [0.15, 0.2) is 0 Å². The van der Waals surface area contributed by atoms with E-state index in [1.807, 2.05) is 0 Å². The van der Waals surface area contributed by atoms with Gasteiger partial charge in [0.2, 0.25) is 0 Å². The summed E-state index contributed by atoms with van der Waals surface area (Å²) in [6, 6.07) is 4.36. The van der Waals surface area contributed by atoms with Crippen molar-refractivity contribution in [2.24, 2.45) is 0 Å². The summed E-state index contributed by atoms with van der Waals surface area (Å²) in [5.74, 6) is -2.35. The molecule has 0 amide bonds. The first kappa shape index (κ1) is 14.3. The standard InChI is InChI=1S/C12H8Cl2O4/c13-9-5-4-7(6-10(9)14)8(12(17)18)2-1-3-11(15)16/h1-6H,(H,15,16)(H,17,18)/b3-1-,8-2+. The molecule has 0 saturated heterocycles. The van der Waals surface area contributed by atoms with Gasteiger partial charge in [0.1, 0.15) is 0 Å². The van der Waals surface area contributed by atoms with Crippen molar-refractivity contribution in [2.75, 3.05) is 0 Å². The van der Waals surface area contributed by atoms with E-state index in [1.54, 1.807) is 0 Å². The third kappa shape index (κ3) is 3.91. The fourth-order valence-electron chi connectivity index (χ4n) is 1.18. The van der Waals surface area contributed by atoms with Gasteiger partial charge in [-0.2, -0.15) is 0 Å². The second-order valence-electron chi connectivity index (χ2n) is 3.21. The molecule has 0 saturated carbocycles. The van der Waals surface area contributed by atoms with Gasteiger partial charge in [-0.15, -0.1) is 0 Å². The van der Waals surface area contributed by atoms with E-state index in [0.717, 1.165) is 12.2 Å². The van der Waals surface area contributed by atoms with Crippen molar-refractivity contribution < 1.29 is 19.8 Å². The second-order valence-corrected chi connectivity index (χ2v) is 4.03. The first-order valence-corrected chi connectivity index (χ1v) is 5.47. The number of benzene rings is 1. The third-order valence-electron chi connectivity index (χ3n) is 1.96. The van der Waals surface area contributed by atoms with Crippen LogP contribution >= 0.6 is 23.2 Å². The number of carboxylic acid groups (broad SMARTS) is 2. The minimum absolute atomic E-state index is 0.0777. The van der Waals surface area contributed by atoms with Crippen LogP contribution in [-0.2, 0) is 9.59 Å². The average Bonchev–Trinajstić information content (AvgIpc) is 2.27. The number of carboxylic acids is 2. The van der Waals surface area contributed by atoms with E-state index >= 15 is 0 Å². The number of rotatable bonds is 4. The van der Waals surface area contributed by atoms with Crippen molar-refractivity contribution in [2.45, 2.75) is 0 Å². The number of carbonyl (C=O) groups is 2. The highest BCUT2D eigenvalue weighted by molar-refractivity contribution is 6.42. The zero-order valence-electron chi connectivity index (χ0n) is 8.93. The number of allylic oxidation sites excluding steroid dienone is 2. The minimum atomic E-state index is -1.19. The van der Waals surface area contributed by atoms with E-state index in [9.17, 15) is 9.59 Å². The Morgan fingerprint density at radius 3 is 2.28 bits per heavy atom. The van der Waals surface area contributed by atoms with E-state index in [1.165, 1.54) is 24.3 Å². The van der Waals surface area contributed by atoms with Gasteiger partial charge in [-0.25, -0.2) is 9.59 Å². The molecule has 0 aliphatic carbocycles. The molecular formula is C12H8Cl2O4. The molecular weight excluding hydrogens is 279 g/mol. The zero-order chi connectivity index (χ0) is 13.7. The molecule has 0 heterocycles.